The summed E-state index contributed by atoms with van der Waals surface area (Å²) in [6.45, 7) is 0. The first-order chi connectivity index (χ1) is 15.4. The van der Waals surface area contributed by atoms with Crippen LogP contribution < -0.4 is 4.74 Å². The molecule has 4 rings (SSSR count). The standard InChI is InChI=1S/C22H15ClFN3O3S2/c1-30-20-8-6-15(27(28)29)9-13(20)12-31-22-26-19-7-5-14(10-21(19)32-22)25-11-16-17(23)3-2-4-18(16)24/h2-11H,12H2,1H3. The van der Waals surface area contributed by atoms with Crippen LogP contribution in [-0.4, -0.2) is 23.2 Å². The molecule has 32 heavy (non-hydrogen) atoms. The fourth-order valence-corrected chi connectivity index (χ4v) is 5.23. The minimum Gasteiger partial charge on any atom is -0.496 e. The summed E-state index contributed by atoms with van der Waals surface area (Å²) in [7, 11) is 1.53. The lowest BCUT2D eigenvalue weighted by molar-refractivity contribution is -0.384. The third-order valence-electron chi connectivity index (χ3n) is 4.52. The molecule has 3 aromatic carbocycles. The van der Waals surface area contributed by atoms with Crippen molar-refractivity contribution in [3.63, 3.8) is 0 Å². The van der Waals surface area contributed by atoms with Gasteiger partial charge in [-0.15, -0.1) is 11.3 Å². The lowest BCUT2D eigenvalue weighted by Gasteiger charge is -2.06. The number of benzene rings is 3. The number of halogens is 2. The summed E-state index contributed by atoms with van der Waals surface area (Å²) in [5.41, 5.74) is 2.44. The Balaban J connectivity index is 1.53. The monoisotopic (exact) mass is 487 g/mol. The number of thiazole rings is 1. The average molecular weight is 488 g/mol. The molecular weight excluding hydrogens is 473 g/mol. The highest BCUT2D eigenvalue weighted by molar-refractivity contribution is 8.00. The number of hydrogen-bond donors (Lipinski definition) is 0. The topological polar surface area (TPSA) is 77.6 Å². The van der Waals surface area contributed by atoms with Crippen molar-refractivity contribution in [1.29, 1.82) is 0 Å². The zero-order valence-electron chi connectivity index (χ0n) is 16.6. The maximum absolute atomic E-state index is 13.9. The molecule has 0 radical (unpaired) electrons. The fraction of sp³-hybridized carbons (Fsp3) is 0.0909. The number of thioether (sulfide) groups is 1. The van der Waals surface area contributed by atoms with E-state index in [-0.39, 0.29) is 11.3 Å². The SMILES string of the molecule is COc1ccc([N+](=O)[O-])cc1CSc1nc2ccc(N=Cc3c(F)cccc3Cl)cc2s1. The third-order valence-corrected chi connectivity index (χ3v) is 7.06. The number of methoxy groups -OCH3 is 1. The molecular formula is C22H15ClFN3O3S2. The molecule has 1 heterocycles. The minimum atomic E-state index is -0.435. The molecule has 0 N–H and O–H groups in total. The summed E-state index contributed by atoms with van der Waals surface area (Å²) in [5, 5.41) is 11.4. The predicted molar refractivity (Wildman–Crippen MR) is 127 cm³/mol. The number of non-ortho nitro benzene ring substituents is 1. The first kappa shape index (κ1) is 22.2. The Morgan fingerprint density at radius 1 is 1.28 bits per heavy atom. The van der Waals surface area contributed by atoms with Crippen LogP contribution in [0, 0.1) is 15.9 Å². The van der Waals surface area contributed by atoms with Crippen LogP contribution in [0.25, 0.3) is 10.2 Å². The molecule has 0 saturated heterocycles. The molecule has 4 aromatic rings. The van der Waals surface area contributed by atoms with Crippen molar-refractivity contribution < 1.29 is 14.1 Å². The highest BCUT2D eigenvalue weighted by Gasteiger charge is 2.13. The lowest BCUT2D eigenvalue weighted by Crippen LogP contribution is -1.94. The van der Waals surface area contributed by atoms with E-state index in [0.29, 0.717) is 22.2 Å². The smallest absolute Gasteiger partial charge is 0.270 e. The number of rotatable bonds is 7. The van der Waals surface area contributed by atoms with Gasteiger partial charge in [0.2, 0.25) is 0 Å². The van der Waals surface area contributed by atoms with Gasteiger partial charge < -0.3 is 4.74 Å². The molecule has 0 aliphatic rings. The number of nitrogens with zero attached hydrogens (tertiary/aromatic N) is 3. The van der Waals surface area contributed by atoms with Crippen LogP contribution in [-0.2, 0) is 5.75 Å². The molecule has 0 unspecified atom stereocenters. The van der Waals surface area contributed by atoms with Gasteiger partial charge in [-0.05, 0) is 36.4 Å². The number of hydrogen-bond acceptors (Lipinski definition) is 7. The maximum Gasteiger partial charge on any atom is 0.270 e. The van der Waals surface area contributed by atoms with Crippen LogP contribution in [0.15, 0.2) is 63.9 Å². The van der Waals surface area contributed by atoms with Crippen LogP contribution in [0.4, 0.5) is 15.8 Å². The van der Waals surface area contributed by atoms with Crippen molar-refractivity contribution in [3.8, 4) is 5.75 Å². The van der Waals surface area contributed by atoms with Crippen LogP contribution in [0.5, 0.6) is 5.75 Å². The van der Waals surface area contributed by atoms with Crippen molar-refractivity contribution >= 4 is 62.5 Å². The summed E-state index contributed by atoms with van der Waals surface area (Å²) in [6, 6.07) is 14.5. The van der Waals surface area contributed by atoms with Gasteiger partial charge in [-0.3, -0.25) is 15.1 Å². The second-order valence-corrected chi connectivity index (χ2v) is 9.23. The van der Waals surface area contributed by atoms with E-state index in [1.807, 2.05) is 12.1 Å². The van der Waals surface area contributed by atoms with Gasteiger partial charge in [0, 0.05) is 35.2 Å². The molecule has 0 spiro atoms. The van der Waals surface area contributed by atoms with E-state index in [9.17, 15) is 14.5 Å². The third kappa shape index (κ3) is 4.90. The molecule has 0 amide bonds. The summed E-state index contributed by atoms with van der Waals surface area (Å²) in [5.74, 6) is 0.629. The number of aliphatic imine (C=N–C) groups is 1. The van der Waals surface area contributed by atoms with Crippen LogP contribution >= 0.6 is 34.7 Å². The van der Waals surface area contributed by atoms with Crippen LogP contribution in [0.2, 0.25) is 5.02 Å². The second-order valence-electron chi connectivity index (χ2n) is 6.57. The quantitative estimate of drug-likeness (QED) is 0.121. The first-order valence-electron chi connectivity index (χ1n) is 9.27. The van der Waals surface area contributed by atoms with Gasteiger partial charge in [0.05, 0.1) is 33.0 Å². The summed E-state index contributed by atoms with van der Waals surface area (Å²) < 4.78 is 21.0. The molecule has 0 aliphatic heterocycles. The van der Waals surface area contributed by atoms with Crippen molar-refractivity contribution in [1.82, 2.24) is 4.98 Å². The van der Waals surface area contributed by atoms with E-state index in [0.717, 1.165) is 20.1 Å². The molecule has 0 saturated carbocycles. The summed E-state index contributed by atoms with van der Waals surface area (Å²) >= 11 is 8.99. The normalized spacial score (nSPS) is 11.3. The van der Waals surface area contributed by atoms with E-state index in [2.05, 4.69) is 9.98 Å². The molecule has 0 atom stereocenters. The molecule has 0 fully saturated rings. The number of fused-ring (bicyclic) bond motifs is 1. The van der Waals surface area contributed by atoms with Crippen LogP contribution in [0.3, 0.4) is 0 Å². The largest absolute Gasteiger partial charge is 0.496 e. The number of ether oxygens (including phenoxy) is 1. The van der Waals surface area contributed by atoms with E-state index >= 15 is 0 Å². The predicted octanol–water partition coefficient (Wildman–Crippen LogP) is 7.05. The van der Waals surface area contributed by atoms with Crippen LogP contribution in [0.1, 0.15) is 11.1 Å². The highest BCUT2D eigenvalue weighted by atomic mass is 35.5. The highest BCUT2D eigenvalue weighted by Crippen LogP contribution is 2.36. The Hall–Kier alpha value is -3.01. The number of aromatic nitrogens is 1. The van der Waals surface area contributed by atoms with Gasteiger partial charge in [0.25, 0.3) is 5.69 Å². The number of nitro benzene ring substituents is 1. The Morgan fingerprint density at radius 2 is 2.12 bits per heavy atom. The molecule has 0 bridgehead atoms. The van der Waals surface area contributed by atoms with E-state index in [4.69, 9.17) is 16.3 Å². The minimum absolute atomic E-state index is 0.0168. The van der Waals surface area contributed by atoms with Crippen molar-refractivity contribution in [2.45, 2.75) is 10.1 Å². The van der Waals surface area contributed by atoms with E-state index in [1.165, 1.54) is 54.6 Å². The Labute approximate surface area is 195 Å². The van der Waals surface area contributed by atoms with Gasteiger partial charge in [0.1, 0.15) is 11.6 Å². The van der Waals surface area contributed by atoms with Gasteiger partial charge in [-0.1, -0.05) is 29.4 Å². The van der Waals surface area contributed by atoms with Gasteiger partial charge in [-0.25, -0.2) is 9.37 Å². The average Bonchev–Trinajstić information content (AvgIpc) is 3.19. The Bertz CT molecular complexity index is 1320. The van der Waals surface area contributed by atoms with E-state index in [1.54, 1.807) is 24.3 Å². The second kappa shape index (κ2) is 9.64. The molecule has 0 aliphatic carbocycles. The van der Waals surface area contributed by atoms with Crippen molar-refractivity contribution in [3.05, 3.63) is 86.7 Å². The van der Waals surface area contributed by atoms with Gasteiger partial charge in [0.15, 0.2) is 4.34 Å². The van der Waals surface area contributed by atoms with Gasteiger partial charge in [-0.2, -0.15) is 0 Å². The Kier molecular flexibility index (Phi) is 6.69. The summed E-state index contributed by atoms with van der Waals surface area (Å²) in [6.07, 6.45) is 1.41. The zero-order valence-corrected chi connectivity index (χ0v) is 19.0. The van der Waals surface area contributed by atoms with Gasteiger partial charge >= 0.3 is 0 Å². The maximum atomic E-state index is 13.9. The Morgan fingerprint density at radius 3 is 2.88 bits per heavy atom. The molecule has 162 valence electrons. The number of nitro groups is 1. The summed E-state index contributed by atoms with van der Waals surface area (Å²) in [4.78, 5) is 19.6. The molecule has 1 aromatic heterocycles. The fourth-order valence-electron chi connectivity index (χ4n) is 2.94. The first-order valence-corrected chi connectivity index (χ1v) is 11.5. The molecule has 6 nitrogen and oxygen atoms in total. The zero-order chi connectivity index (χ0) is 22.7. The van der Waals surface area contributed by atoms with E-state index < -0.39 is 10.7 Å². The molecule has 10 heteroatoms. The lowest BCUT2D eigenvalue weighted by atomic mass is 10.2. The van der Waals surface area contributed by atoms with Crippen molar-refractivity contribution in [2.24, 2.45) is 4.99 Å². The van der Waals surface area contributed by atoms with Crippen molar-refractivity contribution in [2.75, 3.05) is 7.11 Å².